The molecular weight excluding hydrogens is 480 g/mol. The maximum absolute atomic E-state index is 9.84. The van der Waals surface area contributed by atoms with Gasteiger partial charge in [0.1, 0.15) is 30.5 Å². The Balaban J connectivity index is 2.42. The number of unbranched alkanes of at least 4 members (excludes halogenated alkanes) is 4. The van der Waals surface area contributed by atoms with Gasteiger partial charge in [-0.05, 0) is 48.9 Å². The third-order valence-corrected chi connectivity index (χ3v) is 6.92. The summed E-state index contributed by atoms with van der Waals surface area (Å²) in [6, 6.07) is 5.69. The highest BCUT2D eigenvalue weighted by Crippen LogP contribution is 2.38. The van der Waals surface area contributed by atoms with E-state index in [1.165, 1.54) is 0 Å². The van der Waals surface area contributed by atoms with Gasteiger partial charge in [-0.15, -0.1) is 0 Å². The molecule has 0 amide bonds. The van der Waals surface area contributed by atoms with E-state index >= 15 is 0 Å². The third-order valence-electron chi connectivity index (χ3n) is 6.55. The summed E-state index contributed by atoms with van der Waals surface area (Å²) >= 11 is 6.31. The number of halogens is 1. The zero-order valence-electron chi connectivity index (χ0n) is 22.9. The number of rotatable bonds is 19. The maximum Gasteiger partial charge on any atom is 0.117 e. The molecule has 2 rings (SSSR count). The lowest BCUT2D eigenvalue weighted by Crippen LogP contribution is -2.58. The molecule has 1 aliphatic heterocycles. The molecule has 6 nitrogen and oxygen atoms in total. The van der Waals surface area contributed by atoms with E-state index in [4.69, 9.17) is 35.3 Å². The van der Waals surface area contributed by atoms with Crippen LogP contribution < -0.4 is 0 Å². The van der Waals surface area contributed by atoms with Crippen molar-refractivity contribution in [3.8, 4) is 0 Å². The fraction of sp³-hybridized carbons (Fsp3) is 0.793. The molecule has 36 heavy (non-hydrogen) atoms. The topological polar surface area (TPSA) is 66.4 Å². The van der Waals surface area contributed by atoms with Crippen LogP contribution in [0.15, 0.2) is 18.2 Å². The minimum Gasteiger partial charge on any atom is -0.392 e. The average molecular weight is 529 g/mol. The van der Waals surface area contributed by atoms with Gasteiger partial charge in [-0.1, -0.05) is 71.0 Å². The van der Waals surface area contributed by atoms with E-state index in [-0.39, 0.29) is 37.1 Å². The summed E-state index contributed by atoms with van der Waals surface area (Å²) in [5.74, 6) is 0. The van der Waals surface area contributed by atoms with Crippen LogP contribution in [0, 0.1) is 0 Å². The van der Waals surface area contributed by atoms with Crippen LogP contribution in [0.1, 0.15) is 96.3 Å². The Labute approximate surface area is 223 Å². The first kappa shape index (κ1) is 31.5. The van der Waals surface area contributed by atoms with Crippen molar-refractivity contribution >= 4 is 11.6 Å². The molecule has 208 valence electrons. The molecule has 5 atom stereocenters. The lowest BCUT2D eigenvalue weighted by atomic mass is 9.89. The molecule has 1 N–H and O–H groups in total. The molecule has 0 aliphatic carbocycles. The Kier molecular flexibility index (Phi) is 16.2. The normalized spacial score (nSPS) is 24.3. The first-order valence-electron chi connectivity index (χ1n) is 14.1. The van der Waals surface area contributed by atoms with E-state index in [0.29, 0.717) is 43.6 Å². The maximum atomic E-state index is 9.84. The molecule has 0 unspecified atom stereocenters. The molecule has 1 heterocycles. The lowest BCUT2D eigenvalue weighted by Gasteiger charge is -2.46. The van der Waals surface area contributed by atoms with Crippen molar-refractivity contribution in [2.24, 2.45) is 0 Å². The number of hydrogen-bond donors (Lipinski definition) is 1. The van der Waals surface area contributed by atoms with Crippen molar-refractivity contribution in [1.29, 1.82) is 0 Å². The zero-order valence-corrected chi connectivity index (χ0v) is 23.6. The second-order valence-electron chi connectivity index (χ2n) is 9.60. The summed E-state index contributed by atoms with van der Waals surface area (Å²) in [4.78, 5) is 0. The molecular formula is C29H49ClO6. The van der Waals surface area contributed by atoms with Crippen LogP contribution in [-0.2, 0) is 30.3 Å². The highest BCUT2D eigenvalue weighted by molar-refractivity contribution is 6.31. The Morgan fingerprint density at radius 1 is 0.778 bits per heavy atom. The van der Waals surface area contributed by atoms with Crippen molar-refractivity contribution in [2.45, 2.75) is 116 Å². The van der Waals surface area contributed by atoms with Crippen molar-refractivity contribution in [2.75, 3.05) is 33.0 Å². The fourth-order valence-electron chi connectivity index (χ4n) is 4.32. The minimum atomic E-state index is -0.387. The van der Waals surface area contributed by atoms with Gasteiger partial charge in [0.05, 0.1) is 13.2 Å². The Morgan fingerprint density at radius 2 is 1.33 bits per heavy atom. The monoisotopic (exact) mass is 528 g/mol. The molecule has 1 aromatic carbocycles. The van der Waals surface area contributed by atoms with E-state index in [9.17, 15) is 5.11 Å². The molecule has 0 aromatic heterocycles. The summed E-state index contributed by atoms with van der Waals surface area (Å²) in [5.41, 5.74) is 1.59. The number of aliphatic hydroxyl groups excluding tert-OH is 1. The summed E-state index contributed by atoms with van der Waals surface area (Å²) in [6.07, 6.45) is 6.52. The van der Waals surface area contributed by atoms with Crippen molar-refractivity contribution in [1.82, 2.24) is 0 Å². The van der Waals surface area contributed by atoms with E-state index in [1.807, 2.05) is 18.2 Å². The molecule has 7 heteroatoms. The summed E-state index contributed by atoms with van der Waals surface area (Å²) in [6.45, 7) is 11.5. The van der Waals surface area contributed by atoms with Gasteiger partial charge in [-0.2, -0.15) is 0 Å². The van der Waals surface area contributed by atoms with Crippen LogP contribution in [0.4, 0.5) is 0 Å². The van der Waals surface area contributed by atoms with Gasteiger partial charge in [-0.3, -0.25) is 0 Å². The Bertz CT molecular complexity index is 702. The van der Waals surface area contributed by atoms with Gasteiger partial charge in [0, 0.05) is 31.5 Å². The van der Waals surface area contributed by atoms with Gasteiger partial charge in [-0.25, -0.2) is 0 Å². The number of aliphatic hydroxyl groups is 1. The number of benzene rings is 1. The van der Waals surface area contributed by atoms with Crippen LogP contribution in [0.25, 0.3) is 0 Å². The summed E-state index contributed by atoms with van der Waals surface area (Å²) in [5, 5.41) is 10.4. The predicted octanol–water partition coefficient (Wildman–Crippen LogP) is 6.64. The second kappa shape index (κ2) is 18.5. The molecule has 0 saturated carbocycles. The molecule has 1 fully saturated rings. The summed E-state index contributed by atoms with van der Waals surface area (Å²) < 4.78 is 32.3. The van der Waals surface area contributed by atoms with Gasteiger partial charge in [0.25, 0.3) is 0 Å². The highest BCUT2D eigenvalue weighted by atomic mass is 35.5. The molecule has 0 spiro atoms. The number of hydrogen-bond acceptors (Lipinski definition) is 6. The highest BCUT2D eigenvalue weighted by Gasteiger charge is 2.48. The molecule has 1 aliphatic rings. The first-order valence-corrected chi connectivity index (χ1v) is 14.5. The van der Waals surface area contributed by atoms with E-state index in [1.54, 1.807) is 0 Å². The fourth-order valence-corrected chi connectivity index (χ4v) is 4.50. The Hall–Kier alpha value is -0.730. The average Bonchev–Trinajstić information content (AvgIpc) is 2.89. The predicted molar refractivity (Wildman–Crippen MR) is 145 cm³/mol. The van der Waals surface area contributed by atoms with Crippen LogP contribution >= 0.6 is 11.6 Å². The summed E-state index contributed by atoms with van der Waals surface area (Å²) in [7, 11) is 0. The van der Waals surface area contributed by atoms with Crippen molar-refractivity contribution < 1.29 is 28.8 Å². The quantitative estimate of drug-likeness (QED) is 0.203. The SMILES string of the molecule is CCCCOC[C@H]1O[C@@H](c2ccc(Cl)c(CO)c2)[C@H](OCCCC)[C@@H](OCCCC)[C@@H]1OCCCC. The lowest BCUT2D eigenvalue weighted by molar-refractivity contribution is -0.268. The smallest absolute Gasteiger partial charge is 0.117 e. The van der Waals surface area contributed by atoms with Crippen molar-refractivity contribution in [3.63, 3.8) is 0 Å². The van der Waals surface area contributed by atoms with E-state index in [0.717, 1.165) is 56.9 Å². The van der Waals surface area contributed by atoms with Crippen LogP contribution in [-0.4, -0.2) is 62.6 Å². The number of ether oxygens (including phenoxy) is 5. The third kappa shape index (κ3) is 9.86. The van der Waals surface area contributed by atoms with Gasteiger partial charge >= 0.3 is 0 Å². The molecule has 1 aromatic rings. The van der Waals surface area contributed by atoms with Crippen LogP contribution in [0.5, 0.6) is 0 Å². The van der Waals surface area contributed by atoms with Crippen LogP contribution in [0.2, 0.25) is 5.02 Å². The van der Waals surface area contributed by atoms with Crippen LogP contribution in [0.3, 0.4) is 0 Å². The minimum absolute atomic E-state index is 0.135. The molecule has 0 radical (unpaired) electrons. The molecule has 0 bridgehead atoms. The van der Waals surface area contributed by atoms with Crippen molar-refractivity contribution in [3.05, 3.63) is 34.3 Å². The van der Waals surface area contributed by atoms with Gasteiger partial charge < -0.3 is 28.8 Å². The largest absolute Gasteiger partial charge is 0.392 e. The second-order valence-corrected chi connectivity index (χ2v) is 10.0. The zero-order chi connectivity index (χ0) is 26.2. The van der Waals surface area contributed by atoms with Gasteiger partial charge in [0.15, 0.2) is 0 Å². The standard InChI is InChI=1S/C29H49ClO6/c1-5-9-15-32-21-25-27(33-16-10-6-2)29(35-18-12-8-4)28(34-17-11-7-3)26(36-25)22-13-14-24(30)23(19-22)20-31/h13-14,19,25-29,31H,5-12,15-18,20-21H2,1-4H3/t25-,26+,27-,28+,29+/m1/s1. The Morgan fingerprint density at radius 3 is 1.92 bits per heavy atom. The van der Waals surface area contributed by atoms with Gasteiger partial charge in [0.2, 0.25) is 0 Å². The van der Waals surface area contributed by atoms with E-state index < -0.39 is 0 Å². The van der Waals surface area contributed by atoms with E-state index in [2.05, 4.69) is 27.7 Å². The molecule has 1 saturated heterocycles. The first-order chi connectivity index (χ1) is 17.6.